The van der Waals surface area contributed by atoms with E-state index in [2.05, 4.69) is 5.32 Å². The van der Waals surface area contributed by atoms with E-state index in [4.69, 9.17) is 10.2 Å². The van der Waals surface area contributed by atoms with Crippen LogP contribution >= 0.6 is 23.1 Å². The number of amides is 1. The maximum atomic E-state index is 12.8. The van der Waals surface area contributed by atoms with E-state index in [0.717, 1.165) is 11.1 Å². The minimum atomic E-state index is -0.238. The van der Waals surface area contributed by atoms with E-state index >= 15 is 0 Å². The van der Waals surface area contributed by atoms with Gasteiger partial charge in [0.25, 0.3) is 5.56 Å². The summed E-state index contributed by atoms with van der Waals surface area (Å²) in [6, 6.07) is 18.6. The second-order valence-corrected chi connectivity index (χ2v) is 8.30. The van der Waals surface area contributed by atoms with Gasteiger partial charge < -0.3 is 5.32 Å². The molecule has 30 heavy (non-hydrogen) atoms. The van der Waals surface area contributed by atoms with E-state index in [1.165, 1.54) is 27.7 Å². The Morgan fingerprint density at radius 1 is 1.23 bits per heavy atom. The topological polar surface area (TPSA) is 87.8 Å². The fourth-order valence-corrected chi connectivity index (χ4v) is 4.72. The molecule has 2 heterocycles. The number of nitrogens with one attached hydrogen (secondary N) is 1. The molecular weight excluding hydrogens is 416 g/mol. The normalized spacial score (nSPS) is 10.7. The molecule has 0 aliphatic heterocycles. The lowest BCUT2D eigenvalue weighted by Gasteiger charge is -2.09. The van der Waals surface area contributed by atoms with Gasteiger partial charge in [-0.15, -0.1) is 11.3 Å². The summed E-state index contributed by atoms with van der Waals surface area (Å²) >= 11 is 2.58. The van der Waals surface area contributed by atoms with Crippen molar-refractivity contribution in [2.24, 2.45) is 7.05 Å². The van der Waals surface area contributed by atoms with E-state index in [1.54, 1.807) is 31.3 Å². The number of nitrogens with zero attached hydrogens (tertiary/aromatic N) is 3. The van der Waals surface area contributed by atoms with Crippen molar-refractivity contribution < 1.29 is 4.79 Å². The number of hydrogen-bond acceptors (Lipinski definition) is 6. The number of carbonyl (C=O) groups is 1. The van der Waals surface area contributed by atoms with Crippen molar-refractivity contribution in [1.29, 1.82) is 5.26 Å². The molecule has 0 atom stereocenters. The van der Waals surface area contributed by atoms with Crippen LogP contribution in [0.3, 0.4) is 0 Å². The van der Waals surface area contributed by atoms with Gasteiger partial charge in [0.05, 0.1) is 22.9 Å². The minimum Gasteiger partial charge on any atom is -0.325 e. The fourth-order valence-electron chi connectivity index (χ4n) is 2.97. The van der Waals surface area contributed by atoms with E-state index < -0.39 is 0 Å². The van der Waals surface area contributed by atoms with Crippen molar-refractivity contribution in [2.75, 3.05) is 11.1 Å². The third-order valence-electron chi connectivity index (χ3n) is 4.45. The zero-order valence-electron chi connectivity index (χ0n) is 16.0. The number of benzene rings is 2. The molecule has 0 saturated carbocycles. The standard InChI is InChI=1S/C22H16N4O2S2/c1-26-21(28)20-19(17(12-29-20)15-7-3-2-4-8-15)25-22(26)30-13-18(27)24-16-9-5-6-14(10-16)11-23/h2-10,12H,13H2,1H3,(H,24,27). The number of fused-ring (bicyclic) bond motifs is 1. The van der Waals surface area contributed by atoms with E-state index in [0.29, 0.717) is 26.6 Å². The number of nitriles is 1. The Hall–Kier alpha value is -3.41. The van der Waals surface area contributed by atoms with Crippen LogP contribution in [-0.4, -0.2) is 21.2 Å². The molecule has 0 aliphatic carbocycles. The largest absolute Gasteiger partial charge is 0.325 e. The third-order valence-corrected chi connectivity index (χ3v) is 6.44. The van der Waals surface area contributed by atoms with E-state index in [1.807, 2.05) is 41.8 Å². The lowest BCUT2D eigenvalue weighted by atomic mass is 10.1. The molecule has 0 spiro atoms. The highest BCUT2D eigenvalue weighted by Gasteiger charge is 2.16. The molecule has 2 aromatic carbocycles. The predicted molar refractivity (Wildman–Crippen MR) is 121 cm³/mol. The summed E-state index contributed by atoms with van der Waals surface area (Å²) in [4.78, 5) is 29.8. The molecule has 4 rings (SSSR count). The van der Waals surface area contributed by atoms with Crippen LogP contribution in [0.25, 0.3) is 21.3 Å². The lowest BCUT2D eigenvalue weighted by Crippen LogP contribution is -2.20. The first-order valence-corrected chi connectivity index (χ1v) is 10.9. The molecule has 2 aromatic heterocycles. The Balaban J connectivity index is 1.58. The second-order valence-electron chi connectivity index (χ2n) is 6.48. The zero-order chi connectivity index (χ0) is 21.1. The van der Waals surface area contributed by atoms with Crippen LogP contribution < -0.4 is 10.9 Å². The molecule has 1 N–H and O–H groups in total. The number of anilines is 1. The number of thioether (sulfide) groups is 1. The summed E-state index contributed by atoms with van der Waals surface area (Å²) in [7, 11) is 1.66. The molecule has 0 aliphatic rings. The van der Waals surface area contributed by atoms with Gasteiger partial charge >= 0.3 is 0 Å². The van der Waals surface area contributed by atoms with Crippen LogP contribution in [0.1, 0.15) is 5.56 Å². The monoisotopic (exact) mass is 432 g/mol. The quantitative estimate of drug-likeness (QED) is 0.376. The number of aromatic nitrogens is 2. The van der Waals surface area contributed by atoms with Crippen molar-refractivity contribution in [1.82, 2.24) is 9.55 Å². The first-order chi connectivity index (χ1) is 14.6. The average Bonchev–Trinajstić information content (AvgIpc) is 3.20. The first kappa shape index (κ1) is 19.9. The fraction of sp³-hybridized carbons (Fsp3) is 0.0909. The van der Waals surface area contributed by atoms with Gasteiger partial charge in [0.15, 0.2) is 5.16 Å². The van der Waals surface area contributed by atoms with Crippen LogP contribution in [0.5, 0.6) is 0 Å². The summed E-state index contributed by atoms with van der Waals surface area (Å²) in [6.07, 6.45) is 0. The average molecular weight is 433 g/mol. The predicted octanol–water partition coefficient (Wildman–Crippen LogP) is 4.26. The Kier molecular flexibility index (Phi) is 5.65. The maximum absolute atomic E-state index is 12.8. The van der Waals surface area contributed by atoms with E-state index in [9.17, 15) is 9.59 Å². The van der Waals surface area contributed by atoms with Crippen LogP contribution in [0, 0.1) is 11.3 Å². The van der Waals surface area contributed by atoms with Crippen molar-refractivity contribution in [2.45, 2.75) is 5.16 Å². The molecule has 0 saturated heterocycles. The van der Waals surface area contributed by atoms with Gasteiger partial charge in [-0.25, -0.2) is 4.98 Å². The Morgan fingerprint density at radius 2 is 2.03 bits per heavy atom. The molecule has 1 amide bonds. The highest BCUT2D eigenvalue weighted by atomic mass is 32.2. The summed E-state index contributed by atoms with van der Waals surface area (Å²) in [5, 5.41) is 14.2. The number of rotatable bonds is 5. The summed E-state index contributed by atoms with van der Waals surface area (Å²) < 4.78 is 2.07. The summed E-state index contributed by atoms with van der Waals surface area (Å²) in [5.41, 5.74) is 3.46. The molecule has 0 unspecified atom stereocenters. The molecule has 0 fully saturated rings. The molecular formula is C22H16N4O2S2. The van der Waals surface area contributed by atoms with E-state index in [-0.39, 0.29) is 17.2 Å². The van der Waals surface area contributed by atoms with Crippen LogP contribution in [0.4, 0.5) is 5.69 Å². The molecule has 4 aromatic rings. The molecule has 0 radical (unpaired) electrons. The Labute approximate surface area is 180 Å². The molecule has 148 valence electrons. The SMILES string of the molecule is Cn1c(SCC(=O)Nc2cccc(C#N)c2)nc2c(-c3ccccc3)csc2c1=O. The highest BCUT2D eigenvalue weighted by Crippen LogP contribution is 2.32. The van der Waals surface area contributed by atoms with Gasteiger partial charge in [-0.1, -0.05) is 48.2 Å². The van der Waals surface area contributed by atoms with Gasteiger partial charge in [-0.2, -0.15) is 5.26 Å². The minimum absolute atomic E-state index is 0.0907. The Morgan fingerprint density at radius 3 is 2.80 bits per heavy atom. The van der Waals surface area contributed by atoms with Crippen molar-refractivity contribution in [3.05, 3.63) is 75.9 Å². The van der Waals surface area contributed by atoms with Gasteiger partial charge in [-0.05, 0) is 23.8 Å². The number of hydrogen-bond donors (Lipinski definition) is 1. The number of carbonyl (C=O) groups excluding carboxylic acids is 1. The maximum Gasteiger partial charge on any atom is 0.271 e. The van der Waals surface area contributed by atoms with Gasteiger partial charge in [0, 0.05) is 23.7 Å². The van der Waals surface area contributed by atoms with Crippen molar-refractivity contribution >= 4 is 44.9 Å². The smallest absolute Gasteiger partial charge is 0.271 e. The number of thiophene rings is 1. The van der Waals surface area contributed by atoms with Gasteiger partial charge in [0.1, 0.15) is 4.70 Å². The zero-order valence-corrected chi connectivity index (χ0v) is 17.6. The Bertz CT molecular complexity index is 1340. The lowest BCUT2D eigenvalue weighted by molar-refractivity contribution is -0.113. The van der Waals surface area contributed by atoms with Crippen LogP contribution in [0.15, 0.2) is 69.9 Å². The molecule has 8 heteroatoms. The molecule has 6 nitrogen and oxygen atoms in total. The summed E-state index contributed by atoms with van der Waals surface area (Å²) in [6.45, 7) is 0. The first-order valence-electron chi connectivity index (χ1n) is 9.03. The molecule has 0 bridgehead atoms. The highest BCUT2D eigenvalue weighted by molar-refractivity contribution is 7.99. The summed E-state index contributed by atoms with van der Waals surface area (Å²) in [5.74, 6) is -0.147. The van der Waals surface area contributed by atoms with Crippen molar-refractivity contribution in [3.63, 3.8) is 0 Å². The van der Waals surface area contributed by atoms with Crippen molar-refractivity contribution in [3.8, 4) is 17.2 Å². The van der Waals surface area contributed by atoms with Crippen LogP contribution in [-0.2, 0) is 11.8 Å². The third kappa shape index (κ3) is 3.99. The second kappa shape index (κ2) is 8.53. The van der Waals surface area contributed by atoms with Gasteiger partial charge in [0.2, 0.25) is 5.91 Å². The van der Waals surface area contributed by atoms with Crippen LogP contribution in [0.2, 0.25) is 0 Å². The van der Waals surface area contributed by atoms with Gasteiger partial charge in [-0.3, -0.25) is 14.2 Å².